The molecule has 0 saturated carbocycles. The second kappa shape index (κ2) is 9.26. The molecule has 1 heterocycles. The largest absolute Gasteiger partial charge is 0.497 e. The van der Waals surface area contributed by atoms with E-state index in [1.807, 2.05) is 12.2 Å². The van der Waals surface area contributed by atoms with Gasteiger partial charge in [0, 0.05) is 23.3 Å². The second-order valence-corrected chi connectivity index (χ2v) is 7.97. The quantitative estimate of drug-likeness (QED) is 0.203. The van der Waals surface area contributed by atoms with Gasteiger partial charge in [-0.3, -0.25) is 29.3 Å². The summed E-state index contributed by atoms with van der Waals surface area (Å²) in [7, 11) is 1.44. The van der Waals surface area contributed by atoms with Gasteiger partial charge in [-0.05, 0) is 31.0 Å². The molecular weight excluding hydrogens is 442 g/mol. The summed E-state index contributed by atoms with van der Waals surface area (Å²) in [4.78, 5) is 63.4. The van der Waals surface area contributed by atoms with Gasteiger partial charge in [0.1, 0.15) is 12.3 Å². The molecule has 3 amide bonds. The molecule has 34 heavy (non-hydrogen) atoms. The van der Waals surface area contributed by atoms with E-state index >= 15 is 0 Å². The van der Waals surface area contributed by atoms with Crippen LogP contribution in [0.5, 0.6) is 5.75 Å². The zero-order valence-electron chi connectivity index (χ0n) is 18.2. The Morgan fingerprint density at radius 1 is 1.03 bits per heavy atom. The van der Waals surface area contributed by atoms with Crippen molar-refractivity contribution in [1.29, 1.82) is 0 Å². The summed E-state index contributed by atoms with van der Waals surface area (Å²) in [5.41, 5.74) is -0.238. The standard InChI is InChI=1S/C24H21N3O7/c1-34-18-9-5-6-15(13-18)21(28)14-25(22(29)16-7-4-8-17(12-16)27(32)33)26-23(30)19-10-2-3-11-20(19)24(26)31/h2-9,12-13,19-20H,10-11,14H2,1H3/t19-,20-/m1/s1. The zero-order chi connectivity index (χ0) is 24.4. The van der Waals surface area contributed by atoms with Crippen LogP contribution in [-0.2, 0) is 9.59 Å². The molecule has 1 aliphatic heterocycles. The van der Waals surface area contributed by atoms with Crippen LogP contribution in [0, 0.1) is 22.0 Å². The number of Topliss-reactive ketones (excluding diaryl/α,β-unsaturated/α-hetero) is 1. The average molecular weight is 463 g/mol. The number of nitrogens with zero attached hydrogens (tertiary/aromatic N) is 3. The van der Waals surface area contributed by atoms with Crippen LogP contribution in [0.25, 0.3) is 0 Å². The van der Waals surface area contributed by atoms with Crippen molar-refractivity contribution in [1.82, 2.24) is 10.0 Å². The van der Waals surface area contributed by atoms with Crippen molar-refractivity contribution in [2.45, 2.75) is 12.8 Å². The van der Waals surface area contributed by atoms with E-state index in [1.165, 1.54) is 37.4 Å². The predicted octanol–water partition coefficient (Wildman–Crippen LogP) is 2.79. The first-order chi connectivity index (χ1) is 16.3. The number of non-ortho nitro benzene ring substituents is 1. The number of hydrazine groups is 1. The molecule has 174 valence electrons. The van der Waals surface area contributed by atoms with E-state index in [2.05, 4.69) is 0 Å². The molecule has 4 rings (SSSR count). The summed E-state index contributed by atoms with van der Waals surface area (Å²) >= 11 is 0. The first-order valence-electron chi connectivity index (χ1n) is 10.6. The van der Waals surface area contributed by atoms with E-state index in [-0.39, 0.29) is 16.8 Å². The number of methoxy groups -OCH3 is 1. The third kappa shape index (κ3) is 4.17. The summed E-state index contributed by atoms with van der Waals surface area (Å²) in [5.74, 6) is -3.37. The fourth-order valence-corrected chi connectivity index (χ4v) is 4.18. The van der Waals surface area contributed by atoms with Crippen LogP contribution in [-0.4, -0.2) is 52.1 Å². The van der Waals surface area contributed by atoms with E-state index in [0.29, 0.717) is 18.6 Å². The molecule has 0 aromatic heterocycles. The SMILES string of the molecule is COc1cccc(C(=O)CN(C(=O)c2cccc([N+](=O)[O-])c2)N2C(=O)[C@@H]3CC=CC[C@H]3C2=O)c1. The lowest BCUT2D eigenvalue weighted by atomic mass is 9.85. The van der Waals surface area contributed by atoms with Gasteiger partial charge < -0.3 is 4.74 Å². The molecule has 2 aromatic carbocycles. The number of allylic oxidation sites excluding steroid dienone is 2. The molecule has 10 nitrogen and oxygen atoms in total. The molecule has 2 aromatic rings. The van der Waals surface area contributed by atoms with Crippen LogP contribution in [0.2, 0.25) is 0 Å². The highest BCUT2D eigenvalue weighted by atomic mass is 16.6. The molecule has 0 bridgehead atoms. The van der Waals surface area contributed by atoms with Crippen molar-refractivity contribution < 1.29 is 28.8 Å². The topological polar surface area (TPSA) is 127 Å². The van der Waals surface area contributed by atoms with E-state index < -0.39 is 46.8 Å². The molecule has 2 atom stereocenters. The maximum absolute atomic E-state index is 13.5. The molecule has 0 unspecified atom stereocenters. The number of benzene rings is 2. The molecule has 2 aliphatic rings. The molecule has 0 N–H and O–H groups in total. The summed E-state index contributed by atoms with van der Waals surface area (Å²) < 4.78 is 5.14. The summed E-state index contributed by atoms with van der Waals surface area (Å²) in [6, 6.07) is 11.2. The van der Waals surface area contributed by atoms with Gasteiger partial charge in [0.25, 0.3) is 23.4 Å². The fourth-order valence-electron chi connectivity index (χ4n) is 4.18. The second-order valence-electron chi connectivity index (χ2n) is 7.97. The lowest BCUT2D eigenvalue weighted by Crippen LogP contribution is -2.52. The molecule has 1 fully saturated rings. The average Bonchev–Trinajstić information content (AvgIpc) is 3.12. The van der Waals surface area contributed by atoms with Crippen molar-refractivity contribution in [2.75, 3.05) is 13.7 Å². The fraction of sp³-hybridized carbons (Fsp3) is 0.250. The normalized spacial score (nSPS) is 19.0. The summed E-state index contributed by atoms with van der Waals surface area (Å²) in [6.45, 7) is -0.612. The van der Waals surface area contributed by atoms with Crippen molar-refractivity contribution in [3.8, 4) is 5.75 Å². The maximum atomic E-state index is 13.5. The van der Waals surface area contributed by atoms with E-state index in [0.717, 1.165) is 16.1 Å². The number of fused-ring (bicyclic) bond motifs is 1. The number of amides is 3. The Hall–Kier alpha value is -4.34. The summed E-state index contributed by atoms with van der Waals surface area (Å²) in [6.07, 6.45) is 4.33. The van der Waals surface area contributed by atoms with Crippen LogP contribution in [0.4, 0.5) is 5.69 Å². The van der Waals surface area contributed by atoms with Gasteiger partial charge in [-0.15, -0.1) is 0 Å². The number of ketones is 1. The Labute approximate surface area is 194 Å². The monoisotopic (exact) mass is 463 g/mol. The minimum atomic E-state index is -0.867. The highest BCUT2D eigenvalue weighted by Crippen LogP contribution is 2.36. The first kappa shape index (κ1) is 22.8. The number of nitro benzene ring substituents is 1. The van der Waals surface area contributed by atoms with Gasteiger partial charge in [0.15, 0.2) is 5.78 Å². The Balaban J connectivity index is 1.72. The van der Waals surface area contributed by atoms with Gasteiger partial charge in [-0.1, -0.05) is 30.4 Å². The molecule has 1 saturated heterocycles. The lowest BCUT2D eigenvalue weighted by molar-refractivity contribution is -0.384. The van der Waals surface area contributed by atoms with Crippen LogP contribution >= 0.6 is 0 Å². The Morgan fingerprint density at radius 3 is 2.26 bits per heavy atom. The highest BCUT2D eigenvalue weighted by molar-refractivity contribution is 6.09. The van der Waals surface area contributed by atoms with Crippen LogP contribution in [0.3, 0.4) is 0 Å². The molecule has 1 aliphatic carbocycles. The number of ether oxygens (including phenoxy) is 1. The van der Waals surface area contributed by atoms with Gasteiger partial charge in [-0.25, -0.2) is 5.01 Å². The number of imide groups is 1. The van der Waals surface area contributed by atoms with E-state index in [4.69, 9.17) is 4.74 Å². The first-order valence-corrected chi connectivity index (χ1v) is 10.6. The molecule has 0 spiro atoms. The van der Waals surface area contributed by atoms with Crippen LogP contribution < -0.4 is 4.74 Å². The molecule has 0 radical (unpaired) electrons. The van der Waals surface area contributed by atoms with Crippen molar-refractivity contribution in [3.05, 3.63) is 81.9 Å². The number of rotatable bonds is 7. The van der Waals surface area contributed by atoms with Gasteiger partial charge in [0.05, 0.1) is 23.9 Å². The number of hydrogen-bond donors (Lipinski definition) is 0. The van der Waals surface area contributed by atoms with Crippen LogP contribution in [0.1, 0.15) is 33.6 Å². The Morgan fingerprint density at radius 2 is 1.65 bits per heavy atom. The smallest absolute Gasteiger partial charge is 0.273 e. The maximum Gasteiger partial charge on any atom is 0.273 e. The third-order valence-corrected chi connectivity index (χ3v) is 5.95. The number of nitro groups is 1. The molecular formula is C24H21N3O7. The van der Waals surface area contributed by atoms with Gasteiger partial charge in [-0.2, -0.15) is 5.01 Å². The minimum absolute atomic E-state index is 0.124. The number of hydrogen-bond acceptors (Lipinski definition) is 7. The van der Waals surface area contributed by atoms with Crippen molar-refractivity contribution in [3.63, 3.8) is 0 Å². The Bertz CT molecular complexity index is 1200. The van der Waals surface area contributed by atoms with E-state index in [9.17, 15) is 29.3 Å². The minimum Gasteiger partial charge on any atom is -0.497 e. The number of carbonyl (C=O) groups excluding carboxylic acids is 4. The third-order valence-electron chi connectivity index (χ3n) is 5.95. The zero-order valence-corrected chi connectivity index (χ0v) is 18.2. The lowest BCUT2D eigenvalue weighted by Gasteiger charge is -2.30. The predicted molar refractivity (Wildman–Crippen MR) is 119 cm³/mol. The highest BCUT2D eigenvalue weighted by Gasteiger charge is 2.51. The van der Waals surface area contributed by atoms with Crippen molar-refractivity contribution in [2.24, 2.45) is 11.8 Å². The number of carbonyl (C=O) groups is 4. The van der Waals surface area contributed by atoms with Crippen molar-refractivity contribution >= 4 is 29.2 Å². The van der Waals surface area contributed by atoms with E-state index in [1.54, 1.807) is 12.1 Å². The molecule has 10 heteroatoms. The van der Waals surface area contributed by atoms with Gasteiger partial charge in [0.2, 0.25) is 0 Å². The van der Waals surface area contributed by atoms with Gasteiger partial charge >= 0.3 is 0 Å². The summed E-state index contributed by atoms with van der Waals surface area (Å²) in [5, 5.41) is 12.7. The Kier molecular flexibility index (Phi) is 6.22. The van der Waals surface area contributed by atoms with Crippen LogP contribution in [0.15, 0.2) is 60.7 Å².